The Bertz CT molecular complexity index is 850. The fourth-order valence-electron chi connectivity index (χ4n) is 2.54. The smallest absolute Gasteiger partial charge is 0.214 e. The molecular weight excluding hydrogens is 370 g/mol. The molecule has 152 valence electrons. The van der Waals surface area contributed by atoms with Gasteiger partial charge in [-0.3, -0.25) is 4.98 Å². The van der Waals surface area contributed by atoms with Crippen LogP contribution in [0.2, 0.25) is 0 Å². The lowest BCUT2D eigenvalue weighted by atomic mass is 10.2. The number of hydrogen-bond acceptors (Lipinski definition) is 7. The highest BCUT2D eigenvalue weighted by Crippen LogP contribution is 2.18. The van der Waals surface area contributed by atoms with E-state index in [-0.39, 0.29) is 6.54 Å². The molecule has 10 heteroatoms. The second-order valence-corrected chi connectivity index (χ2v) is 8.92. The largest absolute Gasteiger partial charge is 0.378 e. The first-order chi connectivity index (χ1) is 12.7. The quantitative estimate of drug-likeness (QED) is 0.418. The van der Waals surface area contributed by atoms with E-state index in [1.807, 2.05) is 17.6 Å². The summed E-state index contributed by atoms with van der Waals surface area (Å²) in [6, 6.07) is 1.97. The molecule has 0 radical (unpaired) electrons. The van der Waals surface area contributed by atoms with Crippen molar-refractivity contribution in [3.05, 3.63) is 23.8 Å². The first-order valence-electron chi connectivity index (χ1n) is 8.90. The van der Waals surface area contributed by atoms with Gasteiger partial charge in [0.1, 0.15) is 11.7 Å². The van der Waals surface area contributed by atoms with Gasteiger partial charge in [-0.25, -0.2) is 18.1 Å². The minimum Gasteiger partial charge on any atom is -0.378 e. The number of nitrogens with two attached hydrogens (primary N) is 1. The van der Waals surface area contributed by atoms with E-state index in [4.69, 9.17) is 15.2 Å². The predicted molar refractivity (Wildman–Crippen MR) is 104 cm³/mol. The van der Waals surface area contributed by atoms with Gasteiger partial charge in [-0.1, -0.05) is 0 Å². The van der Waals surface area contributed by atoms with Gasteiger partial charge in [0.2, 0.25) is 10.0 Å². The van der Waals surface area contributed by atoms with Crippen molar-refractivity contribution in [2.45, 2.75) is 45.2 Å². The van der Waals surface area contributed by atoms with E-state index in [1.165, 1.54) is 0 Å². The van der Waals surface area contributed by atoms with Crippen LogP contribution in [0.25, 0.3) is 11.0 Å². The Morgan fingerprint density at radius 1 is 1.33 bits per heavy atom. The van der Waals surface area contributed by atoms with Crippen molar-refractivity contribution in [1.29, 1.82) is 0 Å². The number of aromatic nitrogens is 3. The zero-order chi connectivity index (χ0) is 20.0. The Labute approximate surface area is 160 Å². The highest BCUT2D eigenvalue weighted by Gasteiger charge is 2.15. The number of hydrogen-bond donors (Lipinski definition) is 2. The summed E-state index contributed by atoms with van der Waals surface area (Å²) < 4.78 is 38.5. The van der Waals surface area contributed by atoms with E-state index in [0.29, 0.717) is 26.2 Å². The lowest BCUT2D eigenvalue weighted by Gasteiger charge is -2.11. The van der Waals surface area contributed by atoms with Crippen molar-refractivity contribution >= 4 is 21.1 Å². The summed E-state index contributed by atoms with van der Waals surface area (Å²) in [5, 5.41) is -0.452. The molecule has 2 rings (SSSR count). The summed E-state index contributed by atoms with van der Waals surface area (Å²) in [6.45, 7) is 6.82. The molecule has 1 atom stereocenters. The molecule has 0 fully saturated rings. The summed E-state index contributed by atoms with van der Waals surface area (Å²) in [5.41, 5.74) is 9.32. The molecule has 0 aliphatic heterocycles. The van der Waals surface area contributed by atoms with Gasteiger partial charge in [0.05, 0.1) is 36.0 Å². The Balaban J connectivity index is 1.92. The monoisotopic (exact) mass is 399 g/mol. The van der Waals surface area contributed by atoms with Crippen molar-refractivity contribution in [3.8, 4) is 0 Å². The fourth-order valence-corrected chi connectivity index (χ4v) is 3.24. The van der Waals surface area contributed by atoms with Crippen LogP contribution in [-0.4, -0.2) is 61.3 Å². The van der Waals surface area contributed by atoms with Gasteiger partial charge in [-0.2, -0.15) is 0 Å². The molecule has 2 aromatic rings. The molecule has 0 aliphatic carbocycles. The lowest BCUT2D eigenvalue weighted by Crippen LogP contribution is -2.33. The number of methoxy groups -OCH3 is 1. The SMILES string of the molecule is COC(N)Cc1nc(C)cc2c1ncn2CCOCCNS(=O)(=O)C(C)C. The van der Waals surface area contributed by atoms with Crippen LogP contribution < -0.4 is 10.5 Å². The van der Waals surface area contributed by atoms with Crippen molar-refractivity contribution in [3.63, 3.8) is 0 Å². The van der Waals surface area contributed by atoms with Gasteiger partial charge < -0.3 is 19.8 Å². The fraction of sp³-hybridized carbons (Fsp3) is 0.647. The molecule has 3 N–H and O–H groups in total. The Morgan fingerprint density at radius 3 is 2.74 bits per heavy atom. The summed E-state index contributed by atoms with van der Waals surface area (Å²) in [4.78, 5) is 8.98. The minimum absolute atomic E-state index is 0.257. The maximum atomic E-state index is 11.7. The van der Waals surface area contributed by atoms with E-state index >= 15 is 0 Å². The number of aryl methyl sites for hydroxylation is 1. The van der Waals surface area contributed by atoms with Crippen LogP contribution in [0.3, 0.4) is 0 Å². The van der Waals surface area contributed by atoms with Crippen LogP contribution >= 0.6 is 0 Å². The second-order valence-electron chi connectivity index (χ2n) is 6.59. The zero-order valence-corrected chi connectivity index (χ0v) is 17.1. The molecule has 0 spiro atoms. The lowest BCUT2D eigenvalue weighted by molar-refractivity contribution is 0.108. The molecule has 0 bridgehead atoms. The molecule has 0 saturated carbocycles. The number of nitrogens with one attached hydrogen (secondary N) is 1. The third-order valence-corrected chi connectivity index (χ3v) is 6.00. The standard InChI is InChI=1S/C17H29N5O4S/c1-12(2)27(23,24)20-5-7-26-8-6-22-11-19-17-14(10-16(18)25-4)21-13(3)9-15(17)22/h9,11-12,16,20H,5-8,10,18H2,1-4H3. The van der Waals surface area contributed by atoms with Crippen LogP contribution in [0.5, 0.6) is 0 Å². The molecule has 0 amide bonds. The molecule has 9 nitrogen and oxygen atoms in total. The molecule has 2 aromatic heterocycles. The molecule has 2 heterocycles. The average Bonchev–Trinajstić information content (AvgIpc) is 3.00. The minimum atomic E-state index is -3.25. The van der Waals surface area contributed by atoms with Crippen molar-refractivity contribution < 1.29 is 17.9 Å². The first-order valence-corrected chi connectivity index (χ1v) is 10.4. The number of pyridine rings is 1. The molecule has 0 saturated heterocycles. The van der Waals surface area contributed by atoms with E-state index in [2.05, 4.69) is 14.7 Å². The maximum absolute atomic E-state index is 11.7. The molecule has 1 unspecified atom stereocenters. The first kappa shape index (κ1) is 21.7. The number of nitrogens with zero attached hydrogens (tertiary/aromatic N) is 3. The van der Waals surface area contributed by atoms with E-state index in [1.54, 1.807) is 27.3 Å². The van der Waals surface area contributed by atoms with Gasteiger partial charge in [0.15, 0.2) is 0 Å². The summed E-state index contributed by atoms with van der Waals surface area (Å²) >= 11 is 0. The van der Waals surface area contributed by atoms with Crippen molar-refractivity contribution in [2.75, 3.05) is 26.9 Å². The van der Waals surface area contributed by atoms with Gasteiger partial charge >= 0.3 is 0 Å². The number of imidazole rings is 1. The second kappa shape index (κ2) is 9.56. The zero-order valence-electron chi connectivity index (χ0n) is 16.3. The summed E-state index contributed by atoms with van der Waals surface area (Å²) in [6.07, 6.45) is 1.81. The predicted octanol–water partition coefficient (Wildman–Crippen LogP) is 0.558. The Morgan fingerprint density at radius 2 is 2.07 bits per heavy atom. The molecular formula is C17H29N5O4S. The van der Waals surface area contributed by atoms with Crippen LogP contribution in [0.15, 0.2) is 12.4 Å². The number of rotatable bonds is 11. The third kappa shape index (κ3) is 5.94. The highest BCUT2D eigenvalue weighted by molar-refractivity contribution is 7.90. The molecule has 0 aromatic carbocycles. The van der Waals surface area contributed by atoms with Crippen molar-refractivity contribution in [1.82, 2.24) is 19.3 Å². The summed E-state index contributed by atoms with van der Waals surface area (Å²) in [5.74, 6) is 0. The van der Waals surface area contributed by atoms with Crippen LogP contribution in [0.4, 0.5) is 0 Å². The molecule has 0 aliphatic rings. The Kier molecular flexibility index (Phi) is 7.68. The van der Waals surface area contributed by atoms with Gasteiger partial charge in [0.25, 0.3) is 0 Å². The van der Waals surface area contributed by atoms with Crippen LogP contribution in [0.1, 0.15) is 25.2 Å². The Hall–Kier alpha value is -1.59. The van der Waals surface area contributed by atoms with Gasteiger partial charge in [-0.15, -0.1) is 0 Å². The number of fused-ring (bicyclic) bond motifs is 1. The topological polar surface area (TPSA) is 121 Å². The third-order valence-electron chi connectivity index (χ3n) is 4.15. The maximum Gasteiger partial charge on any atom is 0.214 e. The van der Waals surface area contributed by atoms with Crippen molar-refractivity contribution in [2.24, 2.45) is 5.73 Å². The normalized spacial score (nSPS) is 13.6. The van der Waals surface area contributed by atoms with E-state index in [9.17, 15) is 8.42 Å². The van der Waals surface area contributed by atoms with Gasteiger partial charge in [0, 0.05) is 32.3 Å². The van der Waals surface area contributed by atoms with E-state index in [0.717, 1.165) is 22.4 Å². The highest BCUT2D eigenvalue weighted by atomic mass is 32.2. The van der Waals surface area contributed by atoms with Gasteiger partial charge in [-0.05, 0) is 26.8 Å². The number of sulfonamides is 1. The molecule has 27 heavy (non-hydrogen) atoms. The van der Waals surface area contributed by atoms with Crippen LogP contribution in [0, 0.1) is 6.92 Å². The van der Waals surface area contributed by atoms with E-state index < -0.39 is 21.5 Å². The van der Waals surface area contributed by atoms with Crippen LogP contribution in [-0.2, 0) is 32.5 Å². The average molecular weight is 400 g/mol. The number of ether oxygens (including phenoxy) is 2. The summed E-state index contributed by atoms with van der Waals surface area (Å²) in [7, 11) is -1.69.